The molecule has 1 aromatic carbocycles. The molecular formula is C24H26N2O2. The van der Waals surface area contributed by atoms with Crippen molar-refractivity contribution in [2.45, 2.75) is 32.1 Å². The van der Waals surface area contributed by atoms with Gasteiger partial charge in [-0.25, -0.2) is 4.52 Å². The third-order valence-corrected chi connectivity index (χ3v) is 5.81. The number of allylic oxidation sites excluding steroid dienone is 1. The normalized spacial score (nSPS) is 20.0. The van der Waals surface area contributed by atoms with Crippen molar-refractivity contribution in [1.82, 2.24) is 9.61 Å². The number of ketones is 1. The van der Waals surface area contributed by atoms with Gasteiger partial charge < -0.3 is 5.11 Å². The van der Waals surface area contributed by atoms with Crippen LogP contribution in [0.5, 0.6) is 0 Å². The van der Waals surface area contributed by atoms with Crippen molar-refractivity contribution in [2.75, 3.05) is 6.61 Å². The highest BCUT2D eigenvalue weighted by Crippen LogP contribution is 2.34. The molecule has 0 bridgehead atoms. The van der Waals surface area contributed by atoms with E-state index in [2.05, 4.69) is 0 Å². The van der Waals surface area contributed by atoms with Gasteiger partial charge in [0.2, 0.25) is 0 Å². The number of carbonyl (C=O) groups excluding carboxylic acids is 1. The maximum absolute atomic E-state index is 13.0. The summed E-state index contributed by atoms with van der Waals surface area (Å²) in [5, 5.41) is 14.1. The number of aliphatic hydroxyl groups excluding tert-OH is 1. The Balaban J connectivity index is 1.68. The maximum Gasteiger partial charge on any atom is 0.159 e. The summed E-state index contributed by atoms with van der Waals surface area (Å²) >= 11 is 0. The fraction of sp³-hybridized carbons (Fsp3) is 0.333. The van der Waals surface area contributed by atoms with Gasteiger partial charge in [-0.3, -0.25) is 4.79 Å². The van der Waals surface area contributed by atoms with Gasteiger partial charge >= 0.3 is 0 Å². The maximum atomic E-state index is 13.0. The van der Waals surface area contributed by atoms with Crippen molar-refractivity contribution in [3.63, 3.8) is 0 Å². The first kappa shape index (κ1) is 18.6. The number of nitrogens with zero attached hydrogens (tertiary/aromatic N) is 2. The third-order valence-electron chi connectivity index (χ3n) is 5.81. The largest absolute Gasteiger partial charge is 0.396 e. The Morgan fingerprint density at radius 2 is 1.89 bits per heavy atom. The quantitative estimate of drug-likeness (QED) is 0.632. The molecule has 1 fully saturated rings. The minimum Gasteiger partial charge on any atom is -0.396 e. The summed E-state index contributed by atoms with van der Waals surface area (Å²) in [6, 6.07) is 16.0. The number of pyridine rings is 1. The van der Waals surface area contributed by atoms with Gasteiger partial charge in [-0.05, 0) is 49.5 Å². The third kappa shape index (κ3) is 3.78. The molecule has 4 heteroatoms. The van der Waals surface area contributed by atoms with E-state index in [1.807, 2.05) is 65.3 Å². The Kier molecular flexibility index (Phi) is 5.68. The second kappa shape index (κ2) is 8.53. The number of aliphatic hydroxyl groups is 1. The Hall–Kier alpha value is -2.72. The Labute approximate surface area is 165 Å². The van der Waals surface area contributed by atoms with Crippen LogP contribution in [0.4, 0.5) is 0 Å². The molecule has 2 heterocycles. The van der Waals surface area contributed by atoms with Crippen molar-refractivity contribution in [2.24, 2.45) is 11.8 Å². The molecular weight excluding hydrogens is 348 g/mol. The molecule has 0 radical (unpaired) electrons. The van der Waals surface area contributed by atoms with Crippen molar-refractivity contribution in [3.8, 4) is 11.3 Å². The first-order valence-electron chi connectivity index (χ1n) is 10.1. The van der Waals surface area contributed by atoms with Gasteiger partial charge in [-0.15, -0.1) is 0 Å². The van der Waals surface area contributed by atoms with E-state index in [9.17, 15) is 9.90 Å². The number of rotatable bonds is 6. The van der Waals surface area contributed by atoms with E-state index in [0.717, 1.165) is 54.4 Å². The van der Waals surface area contributed by atoms with Crippen LogP contribution in [0.25, 0.3) is 22.9 Å². The molecule has 0 saturated heterocycles. The van der Waals surface area contributed by atoms with E-state index in [1.165, 1.54) is 0 Å². The summed E-state index contributed by atoms with van der Waals surface area (Å²) in [6.45, 7) is 0.157. The van der Waals surface area contributed by atoms with E-state index in [4.69, 9.17) is 5.10 Å². The van der Waals surface area contributed by atoms with Crippen molar-refractivity contribution < 1.29 is 9.90 Å². The topological polar surface area (TPSA) is 54.6 Å². The summed E-state index contributed by atoms with van der Waals surface area (Å²) in [5.74, 6) is 0.500. The minimum atomic E-state index is 0.0270. The number of hydrogen-bond donors (Lipinski definition) is 1. The molecule has 1 aliphatic rings. The molecule has 1 N–H and O–H groups in total. The molecule has 144 valence electrons. The van der Waals surface area contributed by atoms with Gasteiger partial charge in [-0.1, -0.05) is 49.2 Å². The lowest BCUT2D eigenvalue weighted by molar-refractivity contribution is -0.120. The Morgan fingerprint density at radius 1 is 1.11 bits per heavy atom. The summed E-state index contributed by atoms with van der Waals surface area (Å²) < 4.78 is 1.86. The molecule has 0 spiro atoms. The lowest BCUT2D eigenvalue weighted by Crippen LogP contribution is -2.26. The van der Waals surface area contributed by atoms with Gasteiger partial charge in [0.05, 0.1) is 5.52 Å². The van der Waals surface area contributed by atoms with Crippen LogP contribution >= 0.6 is 0 Å². The zero-order valence-corrected chi connectivity index (χ0v) is 16.0. The van der Waals surface area contributed by atoms with Crippen molar-refractivity contribution >= 4 is 17.4 Å². The molecule has 0 amide bonds. The fourth-order valence-corrected chi connectivity index (χ4v) is 4.37. The second-order valence-electron chi connectivity index (χ2n) is 7.56. The van der Waals surface area contributed by atoms with E-state index >= 15 is 0 Å². The van der Waals surface area contributed by atoms with Crippen LogP contribution in [-0.4, -0.2) is 27.1 Å². The average molecular weight is 374 g/mol. The zero-order chi connectivity index (χ0) is 19.3. The van der Waals surface area contributed by atoms with E-state index in [0.29, 0.717) is 5.92 Å². The number of fused-ring (bicyclic) bond motifs is 1. The van der Waals surface area contributed by atoms with Gasteiger partial charge in [0, 0.05) is 29.8 Å². The highest BCUT2D eigenvalue weighted by Gasteiger charge is 2.29. The minimum absolute atomic E-state index is 0.0270. The molecule has 0 aliphatic heterocycles. The smallest absolute Gasteiger partial charge is 0.159 e. The molecule has 1 aliphatic carbocycles. The number of aromatic nitrogens is 2. The Morgan fingerprint density at radius 3 is 2.71 bits per heavy atom. The van der Waals surface area contributed by atoms with E-state index in [-0.39, 0.29) is 18.3 Å². The van der Waals surface area contributed by atoms with Crippen molar-refractivity contribution in [1.29, 1.82) is 0 Å². The number of hydrogen-bond acceptors (Lipinski definition) is 3. The van der Waals surface area contributed by atoms with Gasteiger partial charge in [0.1, 0.15) is 5.69 Å². The van der Waals surface area contributed by atoms with Gasteiger partial charge in [0.15, 0.2) is 5.78 Å². The highest BCUT2D eigenvalue weighted by molar-refractivity contribution is 5.98. The molecule has 28 heavy (non-hydrogen) atoms. The van der Waals surface area contributed by atoms with E-state index < -0.39 is 0 Å². The van der Waals surface area contributed by atoms with Crippen LogP contribution < -0.4 is 0 Å². The van der Waals surface area contributed by atoms with Crippen LogP contribution in [0.15, 0.2) is 60.8 Å². The Bertz CT molecular complexity index is 973. The molecule has 2 aromatic heterocycles. The predicted octanol–water partition coefficient (Wildman–Crippen LogP) is 4.77. The number of carbonyl (C=O) groups is 1. The summed E-state index contributed by atoms with van der Waals surface area (Å²) in [4.78, 5) is 13.0. The van der Waals surface area contributed by atoms with Crippen molar-refractivity contribution in [3.05, 3.63) is 66.4 Å². The first-order valence-corrected chi connectivity index (χ1v) is 10.1. The molecule has 4 nitrogen and oxygen atoms in total. The van der Waals surface area contributed by atoms with Crippen LogP contribution in [-0.2, 0) is 4.79 Å². The summed E-state index contributed by atoms with van der Waals surface area (Å²) in [5.41, 5.74) is 3.87. The van der Waals surface area contributed by atoms with Crippen LogP contribution in [0.3, 0.4) is 0 Å². The predicted molar refractivity (Wildman–Crippen MR) is 112 cm³/mol. The number of benzene rings is 1. The van der Waals surface area contributed by atoms with Gasteiger partial charge in [-0.2, -0.15) is 5.10 Å². The zero-order valence-electron chi connectivity index (χ0n) is 16.0. The second-order valence-corrected chi connectivity index (χ2v) is 7.56. The SMILES string of the molecule is O=C(/C=C/c1c(-c2ccccc2)nn2ccccc12)C1CCCC[C@@H]1CCO. The lowest BCUT2D eigenvalue weighted by Gasteiger charge is -2.29. The highest BCUT2D eigenvalue weighted by atomic mass is 16.3. The summed E-state index contributed by atoms with van der Waals surface area (Å²) in [7, 11) is 0. The average Bonchev–Trinajstić information content (AvgIpc) is 3.12. The van der Waals surface area contributed by atoms with Crippen LogP contribution in [0, 0.1) is 11.8 Å². The van der Waals surface area contributed by atoms with Crippen LogP contribution in [0.1, 0.15) is 37.7 Å². The van der Waals surface area contributed by atoms with Crippen LogP contribution in [0.2, 0.25) is 0 Å². The molecule has 1 unspecified atom stereocenters. The summed E-state index contributed by atoms with van der Waals surface area (Å²) in [6.07, 6.45) is 10.5. The molecule has 4 rings (SSSR count). The fourth-order valence-electron chi connectivity index (χ4n) is 4.37. The molecule has 2 atom stereocenters. The molecule has 3 aromatic rings. The van der Waals surface area contributed by atoms with Gasteiger partial charge in [0.25, 0.3) is 0 Å². The standard InChI is InChI=1S/C24H26N2O2/c27-17-15-18-8-4-5-11-20(18)23(28)14-13-21-22-12-6-7-16-26(22)25-24(21)19-9-2-1-3-10-19/h1-3,6-7,9-10,12-14,16,18,20,27H,4-5,8,11,15,17H2/b14-13+/t18-,20?/m1/s1. The lowest BCUT2D eigenvalue weighted by atomic mass is 9.75. The first-order chi connectivity index (χ1) is 13.8. The monoisotopic (exact) mass is 374 g/mol. The van der Waals surface area contributed by atoms with E-state index in [1.54, 1.807) is 6.08 Å². The molecule has 1 saturated carbocycles.